The van der Waals surface area contributed by atoms with Crippen LogP contribution in [0.15, 0.2) is 66.9 Å². The molecule has 5 rings (SSSR count). The lowest BCUT2D eigenvalue weighted by Crippen LogP contribution is -2.52. The summed E-state index contributed by atoms with van der Waals surface area (Å²) in [5, 5.41) is 6.92. The van der Waals surface area contributed by atoms with Crippen molar-refractivity contribution in [2.75, 3.05) is 11.1 Å². The van der Waals surface area contributed by atoms with E-state index in [1.807, 2.05) is 37.5 Å². The standard InChI is InChI=1S/C31H35N5O2/c1-31(2,30(38)34-23-15-13-22(32)14-16-23)35-29(37)21-12-17-24-26(19-21)36(3)28(25-11-7-8-18-33-25)27(24)20-9-5-4-6-10-20/h7-8,11-20H,4-6,9-10,32H2,1-3H3,(H,34,38)(H,35,37). The van der Waals surface area contributed by atoms with Gasteiger partial charge in [0.25, 0.3) is 5.91 Å². The number of anilines is 2. The smallest absolute Gasteiger partial charge is 0.252 e. The van der Waals surface area contributed by atoms with E-state index in [-0.39, 0.29) is 11.8 Å². The van der Waals surface area contributed by atoms with Gasteiger partial charge in [-0.15, -0.1) is 0 Å². The van der Waals surface area contributed by atoms with Gasteiger partial charge in [-0.25, -0.2) is 0 Å². The zero-order valence-corrected chi connectivity index (χ0v) is 22.3. The summed E-state index contributed by atoms with van der Waals surface area (Å²) in [5.74, 6) is -0.142. The van der Waals surface area contributed by atoms with E-state index < -0.39 is 5.54 Å². The number of hydrogen-bond acceptors (Lipinski definition) is 4. The van der Waals surface area contributed by atoms with Gasteiger partial charge in [0.05, 0.1) is 11.4 Å². The molecule has 196 valence electrons. The van der Waals surface area contributed by atoms with Crippen molar-refractivity contribution in [3.8, 4) is 11.4 Å². The third-order valence-corrected chi connectivity index (χ3v) is 7.59. The Morgan fingerprint density at radius 2 is 1.74 bits per heavy atom. The molecule has 1 aliphatic rings. The second-order valence-corrected chi connectivity index (χ2v) is 10.8. The van der Waals surface area contributed by atoms with Gasteiger partial charge < -0.3 is 20.9 Å². The molecule has 0 unspecified atom stereocenters. The number of aromatic nitrogens is 2. The first-order chi connectivity index (χ1) is 18.2. The fraction of sp³-hybridized carbons (Fsp3) is 0.323. The first-order valence-electron chi connectivity index (χ1n) is 13.3. The van der Waals surface area contributed by atoms with Crippen LogP contribution in [0.3, 0.4) is 0 Å². The molecule has 1 saturated carbocycles. The van der Waals surface area contributed by atoms with Crippen LogP contribution in [0.1, 0.15) is 67.8 Å². The number of hydrogen-bond donors (Lipinski definition) is 3. The van der Waals surface area contributed by atoms with Gasteiger partial charge in [0.1, 0.15) is 5.54 Å². The van der Waals surface area contributed by atoms with Gasteiger partial charge in [-0.2, -0.15) is 0 Å². The maximum absolute atomic E-state index is 13.4. The van der Waals surface area contributed by atoms with Crippen LogP contribution in [0.2, 0.25) is 0 Å². The topological polar surface area (TPSA) is 102 Å². The highest BCUT2D eigenvalue weighted by molar-refractivity contribution is 6.05. The van der Waals surface area contributed by atoms with Gasteiger partial charge in [0.2, 0.25) is 5.91 Å². The lowest BCUT2D eigenvalue weighted by atomic mass is 9.82. The monoisotopic (exact) mass is 509 g/mol. The maximum atomic E-state index is 13.4. The molecule has 4 aromatic rings. The number of nitrogens with zero attached hydrogens (tertiary/aromatic N) is 2. The normalized spacial score (nSPS) is 14.4. The molecular weight excluding hydrogens is 474 g/mol. The quantitative estimate of drug-likeness (QED) is 0.277. The summed E-state index contributed by atoms with van der Waals surface area (Å²) >= 11 is 0. The second-order valence-electron chi connectivity index (χ2n) is 10.8. The van der Waals surface area contributed by atoms with Gasteiger partial charge in [0, 0.05) is 41.1 Å². The van der Waals surface area contributed by atoms with E-state index in [1.54, 1.807) is 38.1 Å². The van der Waals surface area contributed by atoms with Crippen LogP contribution in [0.4, 0.5) is 11.4 Å². The molecule has 1 fully saturated rings. The summed E-state index contributed by atoms with van der Waals surface area (Å²) in [4.78, 5) is 31.0. The number of carbonyl (C=O) groups is 2. The number of carbonyl (C=O) groups excluding carboxylic acids is 2. The van der Waals surface area contributed by atoms with Crippen molar-refractivity contribution in [3.05, 3.63) is 78.0 Å². The molecule has 0 aliphatic heterocycles. The minimum absolute atomic E-state index is 0.302. The van der Waals surface area contributed by atoms with E-state index >= 15 is 0 Å². The molecule has 4 N–H and O–H groups in total. The first kappa shape index (κ1) is 25.5. The molecule has 7 heteroatoms. The lowest BCUT2D eigenvalue weighted by Gasteiger charge is -2.25. The Labute approximate surface area is 223 Å². The molecule has 0 atom stereocenters. The minimum atomic E-state index is -1.13. The number of aryl methyl sites for hydroxylation is 1. The highest BCUT2D eigenvalue weighted by Crippen LogP contribution is 2.43. The molecule has 0 radical (unpaired) electrons. The fourth-order valence-corrected chi connectivity index (χ4v) is 5.49. The molecule has 2 aromatic carbocycles. The maximum Gasteiger partial charge on any atom is 0.252 e. The van der Waals surface area contributed by atoms with Gasteiger partial charge in [0.15, 0.2) is 0 Å². The van der Waals surface area contributed by atoms with E-state index in [1.165, 1.54) is 37.7 Å². The average Bonchev–Trinajstić information content (AvgIpc) is 3.22. The highest BCUT2D eigenvalue weighted by Gasteiger charge is 2.31. The number of benzene rings is 2. The van der Waals surface area contributed by atoms with Crippen molar-refractivity contribution in [2.24, 2.45) is 7.05 Å². The zero-order valence-electron chi connectivity index (χ0n) is 22.3. The van der Waals surface area contributed by atoms with E-state index in [2.05, 4.69) is 32.3 Å². The Morgan fingerprint density at radius 1 is 1.00 bits per heavy atom. The first-order valence-corrected chi connectivity index (χ1v) is 13.3. The van der Waals surface area contributed by atoms with Gasteiger partial charge in [-0.1, -0.05) is 31.4 Å². The summed E-state index contributed by atoms with van der Waals surface area (Å²) in [6.07, 6.45) is 7.91. The Morgan fingerprint density at radius 3 is 2.42 bits per heavy atom. The van der Waals surface area contributed by atoms with Crippen molar-refractivity contribution in [1.29, 1.82) is 0 Å². The number of amides is 2. The summed E-state index contributed by atoms with van der Waals surface area (Å²) in [5.41, 5.74) is 10.7. The largest absolute Gasteiger partial charge is 0.399 e. The van der Waals surface area contributed by atoms with Crippen molar-refractivity contribution in [1.82, 2.24) is 14.9 Å². The summed E-state index contributed by atoms with van der Waals surface area (Å²) in [6, 6.07) is 18.8. The Hall–Kier alpha value is -4.13. The second kappa shape index (κ2) is 10.3. The molecule has 0 spiro atoms. The third-order valence-electron chi connectivity index (χ3n) is 7.59. The minimum Gasteiger partial charge on any atom is -0.399 e. The Balaban J connectivity index is 1.46. The van der Waals surface area contributed by atoms with E-state index in [9.17, 15) is 9.59 Å². The van der Waals surface area contributed by atoms with E-state index in [4.69, 9.17) is 5.73 Å². The van der Waals surface area contributed by atoms with Crippen LogP contribution in [0.25, 0.3) is 22.3 Å². The Bertz CT molecular complexity index is 1470. The van der Waals surface area contributed by atoms with Gasteiger partial charge >= 0.3 is 0 Å². The molecule has 2 heterocycles. The molecule has 7 nitrogen and oxygen atoms in total. The third kappa shape index (κ3) is 5.01. The number of fused-ring (bicyclic) bond motifs is 1. The van der Waals surface area contributed by atoms with Crippen molar-refractivity contribution in [2.45, 2.75) is 57.4 Å². The zero-order chi connectivity index (χ0) is 26.9. The number of pyridine rings is 1. The molecule has 38 heavy (non-hydrogen) atoms. The van der Waals surface area contributed by atoms with E-state index in [0.717, 1.165) is 22.3 Å². The molecule has 0 bridgehead atoms. The number of nitrogens with two attached hydrogens (primary N) is 1. The molecule has 0 saturated heterocycles. The summed E-state index contributed by atoms with van der Waals surface area (Å²) < 4.78 is 2.16. The molecular formula is C31H35N5O2. The highest BCUT2D eigenvalue weighted by atomic mass is 16.2. The summed E-state index contributed by atoms with van der Waals surface area (Å²) in [7, 11) is 2.05. The average molecular weight is 510 g/mol. The molecule has 2 amide bonds. The van der Waals surface area contributed by atoms with Crippen LogP contribution in [-0.2, 0) is 11.8 Å². The van der Waals surface area contributed by atoms with Crippen LogP contribution < -0.4 is 16.4 Å². The van der Waals surface area contributed by atoms with Gasteiger partial charge in [-0.3, -0.25) is 14.6 Å². The fourth-order valence-electron chi connectivity index (χ4n) is 5.49. The van der Waals surface area contributed by atoms with Crippen LogP contribution in [0.5, 0.6) is 0 Å². The molecule has 2 aromatic heterocycles. The van der Waals surface area contributed by atoms with Crippen LogP contribution in [0, 0.1) is 0 Å². The van der Waals surface area contributed by atoms with Crippen LogP contribution in [-0.4, -0.2) is 26.9 Å². The predicted octanol–water partition coefficient (Wildman–Crippen LogP) is 6.02. The number of nitrogen functional groups attached to an aromatic ring is 1. The Kier molecular flexibility index (Phi) is 6.93. The predicted molar refractivity (Wildman–Crippen MR) is 153 cm³/mol. The number of rotatable bonds is 6. The van der Waals surface area contributed by atoms with E-state index in [0.29, 0.717) is 22.9 Å². The lowest BCUT2D eigenvalue weighted by molar-refractivity contribution is -0.120. The SMILES string of the molecule is Cn1c(-c2ccccn2)c(C2CCCCC2)c2ccc(C(=O)NC(C)(C)C(=O)Nc3ccc(N)cc3)cc21. The van der Waals surface area contributed by atoms with Gasteiger partial charge in [-0.05, 0) is 86.7 Å². The van der Waals surface area contributed by atoms with Crippen LogP contribution >= 0.6 is 0 Å². The van der Waals surface area contributed by atoms with Crippen molar-refractivity contribution < 1.29 is 9.59 Å². The number of nitrogens with one attached hydrogen (secondary N) is 2. The summed E-state index contributed by atoms with van der Waals surface area (Å²) in [6.45, 7) is 3.39. The van der Waals surface area contributed by atoms with Crippen molar-refractivity contribution >= 4 is 34.1 Å². The van der Waals surface area contributed by atoms with Crippen molar-refractivity contribution in [3.63, 3.8) is 0 Å². The molecule has 1 aliphatic carbocycles.